The Morgan fingerprint density at radius 1 is 1.09 bits per heavy atom. The van der Waals surface area contributed by atoms with Gasteiger partial charge in [-0.05, 0) is 67.5 Å². The smallest absolute Gasteiger partial charge is 0.357 e. The maximum Gasteiger partial charge on any atom is 0.420 e. The zero-order valence-electron chi connectivity index (χ0n) is 21.2. The van der Waals surface area contributed by atoms with E-state index in [-0.39, 0.29) is 11.5 Å². The predicted molar refractivity (Wildman–Crippen MR) is 127 cm³/mol. The van der Waals surface area contributed by atoms with E-state index >= 15 is 0 Å². The molecule has 3 atom stereocenters. The Bertz CT molecular complexity index is 976. The van der Waals surface area contributed by atoms with Gasteiger partial charge in [0.2, 0.25) is 0 Å². The number of rotatable bonds is 6. The molecule has 2 aromatic heterocycles. The Balaban J connectivity index is 1.43. The second-order valence-electron chi connectivity index (χ2n) is 11.6. The molecule has 1 aliphatic heterocycles. The Kier molecular flexibility index (Phi) is 6.70. The fraction of sp³-hybridized carbons (Fsp3) is 0.720. The van der Waals surface area contributed by atoms with Crippen molar-refractivity contribution < 1.29 is 13.2 Å². The summed E-state index contributed by atoms with van der Waals surface area (Å²) in [5.74, 6) is 1.59. The lowest BCUT2D eigenvalue weighted by atomic mass is 9.92. The molecule has 3 heterocycles. The number of aromatic nitrogens is 4. The number of halogens is 3. The van der Waals surface area contributed by atoms with Crippen molar-refractivity contribution in [2.45, 2.75) is 53.1 Å². The molecule has 1 unspecified atom stereocenters. The molecule has 0 aromatic carbocycles. The van der Waals surface area contributed by atoms with E-state index in [4.69, 9.17) is 0 Å². The molecule has 9 heteroatoms. The summed E-state index contributed by atoms with van der Waals surface area (Å²) in [7, 11) is 3.40. The molecular weight excluding hydrogens is 441 g/mol. The van der Waals surface area contributed by atoms with Gasteiger partial charge in [0.05, 0.1) is 11.9 Å². The normalized spacial score (nSPS) is 23.5. The lowest BCUT2D eigenvalue weighted by Crippen LogP contribution is -2.30. The van der Waals surface area contributed by atoms with Crippen LogP contribution in [0.4, 0.5) is 19.0 Å². The van der Waals surface area contributed by atoms with E-state index in [1.165, 1.54) is 11.1 Å². The number of alkyl halides is 3. The second-order valence-corrected chi connectivity index (χ2v) is 11.6. The molecule has 2 aliphatic rings. The minimum atomic E-state index is -4.51. The third-order valence-corrected chi connectivity index (χ3v) is 7.44. The van der Waals surface area contributed by atoms with Gasteiger partial charge in [0, 0.05) is 33.7 Å². The molecule has 1 saturated carbocycles. The first-order valence-electron chi connectivity index (χ1n) is 12.2. The van der Waals surface area contributed by atoms with Crippen molar-refractivity contribution in [1.29, 1.82) is 0 Å². The first-order valence-corrected chi connectivity index (χ1v) is 12.2. The number of aryl methyl sites for hydroxylation is 2. The Morgan fingerprint density at radius 3 is 2.26 bits per heavy atom. The maximum atomic E-state index is 14.0. The molecule has 34 heavy (non-hydrogen) atoms. The standard InChI is InChI=1S/C25H37F3N6/c1-16-12-29-33(6)22(16)21-11-20(25(26,27)28)23(31-30-21)32(5)13-17-9-18-14-34(15-19(18)10-17)8-7-24(2,3)4/h11-12,17-19H,7-10,13-15H2,1-6H3/t17?,18-,19+. The van der Waals surface area contributed by atoms with Crippen molar-refractivity contribution in [3.63, 3.8) is 0 Å². The van der Waals surface area contributed by atoms with Crippen molar-refractivity contribution in [3.8, 4) is 11.4 Å². The summed E-state index contributed by atoms with van der Waals surface area (Å²) in [6.45, 7) is 12.6. The lowest BCUT2D eigenvalue weighted by Gasteiger charge is -2.27. The summed E-state index contributed by atoms with van der Waals surface area (Å²) in [4.78, 5) is 4.23. The summed E-state index contributed by atoms with van der Waals surface area (Å²) in [5.41, 5.74) is 1.09. The van der Waals surface area contributed by atoms with Crippen LogP contribution in [0.25, 0.3) is 11.4 Å². The van der Waals surface area contributed by atoms with Crippen LogP contribution in [0.3, 0.4) is 0 Å². The zero-order valence-corrected chi connectivity index (χ0v) is 21.2. The molecule has 1 aliphatic carbocycles. The second kappa shape index (κ2) is 9.13. The van der Waals surface area contributed by atoms with E-state index in [2.05, 4.69) is 41.0 Å². The highest BCUT2D eigenvalue weighted by Gasteiger charge is 2.42. The molecule has 6 nitrogen and oxygen atoms in total. The molecule has 188 valence electrons. The summed E-state index contributed by atoms with van der Waals surface area (Å²) in [5, 5.41) is 12.3. The van der Waals surface area contributed by atoms with E-state index in [0.717, 1.165) is 44.1 Å². The van der Waals surface area contributed by atoms with Crippen molar-refractivity contribution in [2.24, 2.45) is 30.2 Å². The van der Waals surface area contributed by atoms with Crippen molar-refractivity contribution in [1.82, 2.24) is 24.9 Å². The Hall–Kier alpha value is -2.16. The van der Waals surface area contributed by atoms with Crippen LogP contribution in [0.15, 0.2) is 12.3 Å². The van der Waals surface area contributed by atoms with Gasteiger partial charge in [-0.2, -0.15) is 18.3 Å². The van der Waals surface area contributed by atoms with E-state index in [1.54, 1.807) is 32.1 Å². The van der Waals surface area contributed by atoms with Gasteiger partial charge < -0.3 is 9.80 Å². The number of fused-ring (bicyclic) bond motifs is 1. The van der Waals surface area contributed by atoms with Crippen LogP contribution in [0.2, 0.25) is 0 Å². The summed E-state index contributed by atoms with van der Waals surface area (Å²) in [6, 6.07) is 1.11. The summed E-state index contributed by atoms with van der Waals surface area (Å²) >= 11 is 0. The monoisotopic (exact) mass is 478 g/mol. The maximum absolute atomic E-state index is 14.0. The fourth-order valence-corrected chi connectivity index (χ4v) is 5.73. The molecule has 0 amide bonds. The van der Waals surface area contributed by atoms with Crippen LogP contribution in [0.5, 0.6) is 0 Å². The molecule has 0 radical (unpaired) electrons. The molecule has 0 spiro atoms. The van der Waals surface area contributed by atoms with Gasteiger partial charge in [-0.15, -0.1) is 10.2 Å². The number of anilines is 1. The average Bonchev–Trinajstić information content (AvgIpc) is 3.37. The SMILES string of the molecule is Cc1cnn(C)c1-c1cc(C(F)(F)F)c(N(C)CC2C[C@@H]3CN(CCC(C)(C)C)C[C@@H]3C2)nn1. The highest BCUT2D eigenvalue weighted by atomic mass is 19.4. The first-order chi connectivity index (χ1) is 15.8. The third-order valence-electron chi connectivity index (χ3n) is 7.44. The molecule has 4 rings (SSSR count). The fourth-order valence-electron chi connectivity index (χ4n) is 5.73. The first kappa shape index (κ1) is 24.9. The molecular formula is C25H37F3N6. The minimum absolute atomic E-state index is 0.0973. The van der Waals surface area contributed by atoms with Crippen LogP contribution in [0.1, 0.15) is 51.2 Å². The van der Waals surface area contributed by atoms with Gasteiger partial charge in [0.25, 0.3) is 0 Å². The van der Waals surface area contributed by atoms with Gasteiger partial charge >= 0.3 is 6.18 Å². The number of hydrogen-bond donors (Lipinski definition) is 0. The van der Waals surface area contributed by atoms with E-state index in [9.17, 15) is 13.2 Å². The van der Waals surface area contributed by atoms with Gasteiger partial charge in [-0.1, -0.05) is 20.8 Å². The van der Waals surface area contributed by atoms with Crippen LogP contribution < -0.4 is 4.90 Å². The van der Waals surface area contributed by atoms with E-state index in [0.29, 0.717) is 35.4 Å². The topological polar surface area (TPSA) is 50.1 Å². The van der Waals surface area contributed by atoms with Crippen molar-refractivity contribution >= 4 is 5.82 Å². The molecule has 0 N–H and O–H groups in total. The van der Waals surface area contributed by atoms with Gasteiger partial charge in [0.1, 0.15) is 11.3 Å². The van der Waals surface area contributed by atoms with Crippen LogP contribution in [0, 0.1) is 30.1 Å². The van der Waals surface area contributed by atoms with E-state index in [1.807, 2.05) is 0 Å². The Morgan fingerprint density at radius 2 is 1.74 bits per heavy atom. The van der Waals surface area contributed by atoms with Crippen molar-refractivity contribution in [3.05, 3.63) is 23.4 Å². The van der Waals surface area contributed by atoms with E-state index < -0.39 is 11.7 Å². The summed E-state index contributed by atoms with van der Waals surface area (Å²) < 4.78 is 43.6. The number of hydrogen-bond acceptors (Lipinski definition) is 5. The van der Waals surface area contributed by atoms with Gasteiger partial charge in [-0.3, -0.25) is 4.68 Å². The van der Waals surface area contributed by atoms with Crippen LogP contribution in [-0.4, -0.2) is 58.1 Å². The number of likely N-dealkylation sites (tertiary alicyclic amines) is 1. The third kappa shape index (κ3) is 5.39. The molecule has 1 saturated heterocycles. The lowest BCUT2D eigenvalue weighted by molar-refractivity contribution is -0.137. The Labute approximate surface area is 200 Å². The van der Waals surface area contributed by atoms with Crippen LogP contribution in [-0.2, 0) is 13.2 Å². The van der Waals surface area contributed by atoms with Gasteiger partial charge in [-0.25, -0.2) is 0 Å². The number of nitrogens with zero attached hydrogens (tertiary/aromatic N) is 6. The highest BCUT2D eigenvalue weighted by molar-refractivity contribution is 5.62. The summed E-state index contributed by atoms with van der Waals surface area (Å²) in [6.07, 6.45) is 0.433. The van der Waals surface area contributed by atoms with Crippen molar-refractivity contribution in [2.75, 3.05) is 38.1 Å². The molecule has 2 fully saturated rings. The molecule has 2 aromatic rings. The predicted octanol–water partition coefficient (Wildman–Crippen LogP) is 5.03. The minimum Gasteiger partial charge on any atom is -0.357 e. The zero-order chi connectivity index (χ0) is 24.8. The average molecular weight is 479 g/mol. The molecule has 0 bridgehead atoms. The largest absolute Gasteiger partial charge is 0.420 e. The van der Waals surface area contributed by atoms with Crippen LogP contribution >= 0.6 is 0 Å². The quantitative estimate of drug-likeness (QED) is 0.583. The highest BCUT2D eigenvalue weighted by Crippen LogP contribution is 2.43. The van der Waals surface area contributed by atoms with Gasteiger partial charge in [0.15, 0.2) is 5.82 Å².